The van der Waals surface area contributed by atoms with Crippen molar-refractivity contribution in [1.29, 1.82) is 0 Å². The number of carbonyl (C=O) groups is 2. The van der Waals surface area contributed by atoms with Crippen LogP contribution in [-0.4, -0.2) is 59.0 Å². The van der Waals surface area contributed by atoms with Gasteiger partial charge in [-0.2, -0.15) is 0 Å². The Morgan fingerprint density at radius 3 is 2.59 bits per heavy atom. The molecule has 6 rings (SSSR count). The van der Waals surface area contributed by atoms with Crippen LogP contribution in [0.3, 0.4) is 0 Å². The first-order valence-electron chi connectivity index (χ1n) is 13.0. The molecule has 1 aromatic heterocycles. The van der Waals surface area contributed by atoms with E-state index >= 15 is 0 Å². The van der Waals surface area contributed by atoms with Gasteiger partial charge in [0.25, 0.3) is 5.91 Å². The lowest BCUT2D eigenvalue weighted by Crippen LogP contribution is -2.36. The van der Waals surface area contributed by atoms with Gasteiger partial charge < -0.3 is 14.2 Å². The molecule has 1 saturated heterocycles. The van der Waals surface area contributed by atoms with Gasteiger partial charge in [0.15, 0.2) is 0 Å². The third-order valence-corrected chi connectivity index (χ3v) is 7.68. The minimum absolute atomic E-state index is 0.0407. The zero-order valence-corrected chi connectivity index (χ0v) is 20.8. The zero-order chi connectivity index (χ0) is 25.4. The molecule has 1 amide bonds. The Labute approximate surface area is 215 Å². The van der Waals surface area contributed by atoms with Crippen molar-refractivity contribution in [3.63, 3.8) is 0 Å². The SMILES string of the molecule is O=C(Cn1c2c(c3cc(F)ccc31)CN(C(=O)c1cccc3ccccc13)CC2)OCCN1CCCC1. The average Bonchev–Trinajstić information content (AvgIpc) is 3.54. The fourth-order valence-corrected chi connectivity index (χ4v) is 5.83. The van der Waals surface area contributed by atoms with Gasteiger partial charge in [0.2, 0.25) is 0 Å². The van der Waals surface area contributed by atoms with Crippen molar-refractivity contribution < 1.29 is 18.7 Å². The molecule has 0 bridgehead atoms. The number of halogens is 1. The first-order valence-corrected chi connectivity index (χ1v) is 13.0. The third-order valence-electron chi connectivity index (χ3n) is 7.68. The summed E-state index contributed by atoms with van der Waals surface area (Å²) in [6.07, 6.45) is 2.99. The summed E-state index contributed by atoms with van der Waals surface area (Å²) >= 11 is 0. The molecule has 0 atom stereocenters. The Morgan fingerprint density at radius 2 is 1.73 bits per heavy atom. The Balaban J connectivity index is 1.25. The Hall–Kier alpha value is -3.71. The molecule has 1 fully saturated rings. The van der Waals surface area contributed by atoms with Crippen LogP contribution in [0.15, 0.2) is 60.7 Å². The number of aromatic nitrogens is 1. The smallest absolute Gasteiger partial charge is 0.326 e. The van der Waals surface area contributed by atoms with Crippen molar-refractivity contribution in [3.05, 3.63) is 83.3 Å². The van der Waals surface area contributed by atoms with Crippen LogP contribution < -0.4 is 0 Å². The number of nitrogens with zero attached hydrogens (tertiary/aromatic N) is 3. The molecule has 0 radical (unpaired) electrons. The maximum absolute atomic E-state index is 14.3. The summed E-state index contributed by atoms with van der Waals surface area (Å²) in [4.78, 5) is 30.5. The van der Waals surface area contributed by atoms with E-state index < -0.39 is 0 Å². The van der Waals surface area contributed by atoms with Crippen molar-refractivity contribution in [2.24, 2.45) is 0 Å². The molecule has 3 heterocycles. The van der Waals surface area contributed by atoms with E-state index in [9.17, 15) is 14.0 Å². The van der Waals surface area contributed by atoms with Crippen molar-refractivity contribution in [1.82, 2.24) is 14.4 Å². The number of rotatable bonds is 6. The van der Waals surface area contributed by atoms with Gasteiger partial charge in [-0.1, -0.05) is 36.4 Å². The molecule has 2 aliphatic rings. The van der Waals surface area contributed by atoms with Gasteiger partial charge in [0.1, 0.15) is 19.0 Å². The maximum Gasteiger partial charge on any atom is 0.326 e. The first kappa shape index (κ1) is 23.7. The molecular formula is C30H30FN3O3. The van der Waals surface area contributed by atoms with E-state index in [2.05, 4.69) is 4.90 Å². The van der Waals surface area contributed by atoms with E-state index in [1.807, 2.05) is 51.9 Å². The van der Waals surface area contributed by atoms with Gasteiger partial charge >= 0.3 is 5.97 Å². The van der Waals surface area contributed by atoms with Crippen LogP contribution in [0.5, 0.6) is 0 Å². The van der Waals surface area contributed by atoms with Crippen LogP contribution in [0.2, 0.25) is 0 Å². The summed E-state index contributed by atoms with van der Waals surface area (Å²) in [5, 5.41) is 2.69. The lowest BCUT2D eigenvalue weighted by atomic mass is 10.0. The highest BCUT2D eigenvalue weighted by Gasteiger charge is 2.29. The lowest BCUT2D eigenvalue weighted by molar-refractivity contribution is -0.144. The van der Waals surface area contributed by atoms with Crippen LogP contribution in [0.25, 0.3) is 21.7 Å². The molecule has 0 unspecified atom stereocenters. The predicted octanol–water partition coefficient (Wildman–Crippen LogP) is 4.77. The second-order valence-corrected chi connectivity index (χ2v) is 9.95. The molecule has 0 saturated carbocycles. The van der Waals surface area contributed by atoms with Crippen molar-refractivity contribution in [3.8, 4) is 0 Å². The number of hydrogen-bond donors (Lipinski definition) is 0. The number of benzene rings is 3. The van der Waals surface area contributed by atoms with Crippen LogP contribution in [-0.2, 0) is 29.0 Å². The molecular weight excluding hydrogens is 469 g/mol. The van der Waals surface area contributed by atoms with E-state index in [0.29, 0.717) is 31.7 Å². The normalized spacial score (nSPS) is 15.9. The van der Waals surface area contributed by atoms with Crippen LogP contribution in [0.4, 0.5) is 4.39 Å². The summed E-state index contributed by atoms with van der Waals surface area (Å²) in [6, 6.07) is 18.3. The molecule has 37 heavy (non-hydrogen) atoms. The second-order valence-electron chi connectivity index (χ2n) is 9.95. The molecule has 0 aliphatic carbocycles. The molecule has 7 heteroatoms. The largest absolute Gasteiger partial charge is 0.463 e. The minimum Gasteiger partial charge on any atom is -0.463 e. The first-order chi connectivity index (χ1) is 18.1. The summed E-state index contributed by atoms with van der Waals surface area (Å²) in [6.45, 7) is 4.23. The van der Waals surface area contributed by atoms with Gasteiger partial charge in [-0.15, -0.1) is 0 Å². The fraction of sp³-hybridized carbons (Fsp3) is 0.333. The van der Waals surface area contributed by atoms with Gasteiger partial charge in [-0.3, -0.25) is 14.5 Å². The highest BCUT2D eigenvalue weighted by atomic mass is 19.1. The number of amides is 1. The minimum atomic E-state index is -0.335. The number of esters is 1. The topological polar surface area (TPSA) is 54.8 Å². The quantitative estimate of drug-likeness (QED) is 0.359. The predicted molar refractivity (Wildman–Crippen MR) is 141 cm³/mol. The highest BCUT2D eigenvalue weighted by molar-refractivity contribution is 6.07. The summed E-state index contributed by atoms with van der Waals surface area (Å²) in [5.74, 6) is -0.670. The van der Waals surface area contributed by atoms with E-state index in [-0.39, 0.29) is 24.2 Å². The van der Waals surface area contributed by atoms with Gasteiger partial charge in [-0.25, -0.2) is 4.39 Å². The highest BCUT2D eigenvalue weighted by Crippen LogP contribution is 2.33. The number of carbonyl (C=O) groups excluding carboxylic acids is 2. The van der Waals surface area contributed by atoms with Crippen molar-refractivity contribution in [2.45, 2.75) is 32.4 Å². The molecule has 2 aliphatic heterocycles. The van der Waals surface area contributed by atoms with E-state index in [0.717, 1.165) is 52.6 Å². The Bertz CT molecular complexity index is 1480. The number of ether oxygens (including phenoxy) is 1. The van der Waals surface area contributed by atoms with Gasteiger partial charge in [0, 0.05) is 53.8 Å². The number of fused-ring (bicyclic) bond motifs is 4. The lowest BCUT2D eigenvalue weighted by Gasteiger charge is -2.29. The molecule has 0 N–H and O–H groups in total. The molecule has 4 aromatic rings. The maximum atomic E-state index is 14.3. The third kappa shape index (κ3) is 4.60. The van der Waals surface area contributed by atoms with E-state index in [1.54, 1.807) is 6.07 Å². The summed E-state index contributed by atoms with van der Waals surface area (Å²) in [5.41, 5.74) is 3.33. The van der Waals surface area contributed by atoms with E-state index in [4.69, 9.17) is 4.74 Å². The van der Waals surface area contributed by atoms with Crippen molar-refractivity contribution in [2.75, 3.05) is 32.8 Å². The average molecular weight is 500 g/mol. The molecule has 190 valence electrons. The molecule has 0 spiro atoms. The van der Waals surface area contributed by atoms with Crippen LogP contribution in [0, 0.1) is 5.82 Å². The van der Waals surface area contributed by atoms with Gasteiger partial charge in [0.05, 0.1) is 0 Å². The van der Waals surface area contributed by atoms with E-state index in [1.165, 1.54) is 25.0 Å². The number of hydrogen-bond acceptors (Lipinski definition) is 4. The summed E-state index contributed by atoms with van der Waals surface area (Å²) in [7, 11) is 0. The molecule has 6 nitrogen and oxygen atoms in total. The Morgan fingerprint density at radius 1 is 0.919 bits per heavy atom. The van der Waals surface area contributed by atoms with Crippen LogP contribution >= 0.6 is 0 Å². The monoisotopic (exact) mass is 499 g/mol. The van der Waals surface area contributed by atoms with Gasteiger partial charge in [-0.05, 0) is 61.0 Å². The summed E-state index contributed by atoms with van der Waals surface area (Å²) < 4.78 is 21.8. The number of likely N-dealkylation sites (tertiary alicyclic amines) is 1. The Kier molecular flexibility index (Phi) is 6.38. The standard InChI is InChI=1S/C30H30FN3O3/c31-22-10-11-27-25(18-22)26-19-33(30(36)24-9-5-7-21-6-1-2-8-23(21)24)15-12-28(26)34(27)20-29(35)37-17-16-32-13-3-4-14-32/h1-2,5-11,18H,3-4,12-17,19-20H2. The second kappa shape index (κ2) is 9.98. The van der Waals surface area contributed by atoms with Crippen LogP contribution in [0.1, 0.15) is 34.5 Å². The van der Waals surface area contributed by atoms with Crippen molar-refractivity contribution >= 4 is 33.6 Å². The fourth-order valence-electron chi connectivity index (χ4n) is 5.83. The molecule has 3 aromatic carbocycles. The zero-order valence-electron chi connectivity index (χ0n) is 20.8.